The van der Waals surface area contributed by atoms with Crippen molar-refractivity contribution in [3.63, 3.8) is 0 Å². The van der Waals surface area contributed by atoms with Gasteiger partial charge in [-0.15, -0.1) is 6.58 Å². The lowest BCUT2D eigenvalue weighted by molar-refractivity contribution is -0.160. The van der Waals surface area contributed by atoms with Crippen LogP contribution < -0.4 is 0 Å². The van der Waals surface area contributed by atoms with Gasteiger partial charge in [0, 0.05) is 0 Å². The Labute approximate surface area is 123 Å². The zero-order chi connectivity index (χ0) is 15.4. The smallest absolute Gasteiger partial charge is 0.311 e. The Morgan fingerprint density at radius 3 is 2.55 bits per heavy atom. The van der Waals surface area contributed by atoms with Crippen LogP contribution in [0.25, 0.3) is 0 Å². The van der Waals surface area contributed by atoms with Crippen molar-refractivity contribution in [1.82, 2.24) is 0 Å². The van der Waals surface area contributed by atoms with Gasteiger partial charge in [0.05, 0.1) is 18.6 Å². The quantitative estimate of drug-likeness (QED) is 0.340. The third kappa shape index (κ3) is 7.65. The molecule has 0 rings (SSSR count). The van der Waals surface area contributed by atoms with Crippen LogP contribution in [-0.2, 0) is 14.3 Å². The largest absolute Gasteiger partial charge is 0.462 e. The molecule has 20 heavy (non-hydrogen) atoms. The summed E-state index contributed by atoms with van der Waals surface area (Å²) < 4.78 is 10.4. The third-order valence-corrected chi connectivity index (χ3v) is 3.33. The second kappa shape index (κ2) is 10.9. The number of esters is 1. The van der Waals surface area contributed by atoms with Crippen LogP contribution in [0.15, 0.2) is 12.7 Å². The number of carbonyl (C=O) groups excluding carboxylic acids is 1. The van der Waals surface area contributed by atoms with Gasteiger partial charge in [-0.25, -0.2) is 0 Å². The highest BCUT2D eigenvalue weighted by molar-refractivity contribution is 5.76. The molecule has 1 N–H and O–H groups in total. The van der Waals surface area contributed by atoms with Crippen LogP contribution in [0.4, 0.5) is 0 Å². The molecule has 0 aromatic rings. The number of hydrogen-bond donors (Lipinski definition) is 1. The summed E-state index contributed by atoms with van der Waals surface area (Å²) in [5.41, 5.74) is -0.438. The fourth-order valence-electron chi connectivity index (χ4n) is 2.13. The van der Waals surface area contributed by atoms with Crippen molar-refractivity contribution in [2.24, 2.45) is 5.41 Å². The summed E-state index contributed by atoms with van der Waals surface area (Å²) >= 11 is 0. The topological polar surface area (TPSA) is 55.8 Å². The number of aliphatic hydroxyl groups is 1. The Balaban J connectivity index is 4.21. The van der Waals surface area contributed by atoms with Crippen LogP contribution in [0.2, 0.25) is 0 Å². The molecule has 0 aliphatic rings. The molecule has 4 nitrogen and oxygen atoms in total. The lowest BCUT2D eigenvalue weighted by atomic mass is 9.81. The van der Waals surface area contributed by atoms with Crippen molar-refractivity contribution < 1.29 is 19.4 Å². The summed E-state index contributed by atoms with van der Waals surface area (Å²) in [5.74, 6) is -0.212. The Kier molecular flexibility index (Phi) is 10.4. The van der Waals surface area contributed by atoms with Crippen molar-refractivity contribution in [2.75, 3.05) is 19.8 Å². The molecule has 0 radical (unpaired) electrons. The van der Waals surface area contributed by atoms with E-state index in [4.69, 9.17) is 9.47 Å². The Morgan fingerprint density at radius 2 is 2.00 bits per heavy atom. The van der Waals surface area contributed by atoms with Crippen molar-refractivity contribution in [3.05, 3.63) is 12.7 Å². The van der Waals surface area contributed by atoms with E-state index in [9.17, 15) is 9.90 Å². The maximum atomic E-state index is 12.2. The van der Waals surface area contributed by atoms with Crippen LogP contribution in [0, 0.1) is 5.41 Å². The number of carbonyl (C=O) groups is 1. The molecule has 0 aliphatic carbocycles. The molecular weight excluding hydrogens is 256 g/mol. The normalized spacial score (nSPS) is 15.4. The number of hydrogen-bond acceptors (Lipinski definition) is 4. The van der Waals surface area contributed by atoms with Gasteiger partial charge < -0.3 is 14.6 Å². The predicted octanol–water partition coefficient (Wildman–Crippen LogP) is 3.09. The third-order valence-electron chi connectivity index (χ3n) is 3.33. The fraction of sp³-hybridized carbons (Fsp3) is 0.812. The lowest BCUT2D eigenvalue weighted by Gasteiger charge is -2.27. The number of aliphatic hydroxyl groups excluding tert-OH is 1. The van der Waals surface area contributed by atoms with Gasteiger partial charge in [-0.1, -0.05) is 39.2 Å². The van der Waals surface area contributed by atoms with Gasteiger partial charge >= 0.3 is 5.97 Å². The van der Waals surface area contributed by atoms with Crippen LogP contribution in [0.3, 0.4) is 0 Å². The van der Waals surface area contributed by atoms with Gasteiger partial charge in [-0.3, -0.25) is 4.79 Å². The molecule has 0 spiro atoms. The molecule has 0 saturated carbocycles. The molecule has 0 amide bonds. The van der Waals surface area contributed by atoms with Crippen LogP contribution in [0.1, 0.15) is 52.9 Å². The van der Waals surface area contributed by atoms with E-state index in [0.29, 0.717) is 6.61 Å². The molecular formula is C16H30O4. The van der Waals surface area contributed by atoms with Crippen molar-refractivity contribution in [1.29, 1.82) is 0 Å². The van der Waals surface area contributed by atoms with Crippen molar-refractivity contribution >= 4 is 5.97 Å². The lowest BCUT2D eigenvalue weighted by Crippen LogP contribution is -2.33. The van der Waals surface area contributed by atoms with E-state index in [1.54, 1.807) is 6.08 Å². The van der Waals surface area contributed by atoms with E-state index in [1.165, 1.54) is 0 Å². The molecule has 0 saturated heterocycles. The first-order valence-electron chi connectivity index (χ1n) is 7.54. The van der Waals surface area contributed by atoms with Gasteiger partial charge in [-0.2, -0.15) is 0 Å². The minimum absolute atomic E-state index is 0.0125. The predicted molar refractivity (Wildman–Crippen MR) is 80.5 cm³/mol. The van der Waals surface area contributed by atoms with Crippen LogP contribution in [0.5, 0.6) is 0 Å². The second-order valence-electron chi connectivity index (χ2n) is 5.49. The molecule has 0 aromatic carbocycles. The summed E-state index contributed by atoms with van der Waals surface area (Å²) in [6.45, 7) is 10.2. The maximum absolute atomic E-state index is 12.2. The van der Waals surface area contributed by atoms with E-state index < -0.39 is 11.5 Å². The summed E-state index contributed by atoms with van der Waals surface area (Å²) in [5, 5.41) is 9.66. The summed E-state index contributed by atoms with van der Waals surface area (Å²) in [7, 11) is 0. The number of unbranched alkanes of at least 4 members (excludes halogenated alkanes) is 1. The molecule has 0 aromatic heterocycles. The Bertz CT molecular complexity index is 278. The van der Waals surface area contributed by atoms with Gasteiger partial charge in [0.1, 0.15) is 12.7 Å². The highest BCUT2D eigenvalue weighted by Gasteiger charge is 2.33. The van der Waals surface area contributed by atoms with Crippen LogP contribution >= 0.6 is 0 Å². The van der Waals surface area contributed by atoms with E-state index in [-0.39, 0.29) is 19.2 Å². The average Bonchev–Trinajstić information content (AvgIpc) is 2.43. The molecule has 0 heterocycles. The molecule has 4 heteroatoms. The van der Waals surface area contributed by atoms with E-state index in [0.717, 1.165) is 32.1 Å². The molecule has 0 bridgehead atoms. The first kappa shape index (κ1) is 19.1. The average molecular weight is 286 g/mol. The molecule has 118 valence electrons. The van der Waals surface area contributed by atoms with E-state index in [2.05, 4.69) is 20.4 Å². The zero-order valence-electron chi connectivity index (χ0n) is 13.2. The van der Waals surface area contributed by atoms with E-state index >= 15 is 0 Å². The number of rotatable bonds is 12. The van der Waals surface area contributed by atoms with Gasteiger partial charge in [0.2, 0.25) is 0 Å². The minimum atomic E-state index is -0.782. The second-order valence-corrected chi connectivity index (χ2v) is 5.49. The number of ether oxygens (including phenoxy) is 2. The van der Waals surface area contributed by atoms with E-state index in [1.807, 2.05) is 6.92 Å². The first-order valence-corrected chi connectivity index (χ1v) is 7.54. The standard InChI is InChI=1S/C16H30O4/c1-5-8-10-16(4,9-6-2)15(18)20-13-14(17)12-19-11-7-3/h7,14,17H,3,5-6,8-13H2,1-2,4H3. The monoisotopic (exact) mass is 286 g/mol. The zero-order valence-corrected chi connectivity index (χ0v) is 13.2. The van der Waals surface area contributed by atoms with Gasteiger partial charge in [0.25, 0.3) is 0 Å². The highest BCUT2D eigenvalue weighted by Crippen LogP contribution is 2.31. The van der Waals surface area contributed by atoms with Crippen LogP contribution in [-0.4, -0.2) is 37.0 Å². The fourth-order valence-corrected chi connectivity index (χ4v) is 2.13. The Morgan fingerprint density at radius 1 is 1.30 bits per heavy atom. The van der Waals surface area contributed by atoms with Gasteiger partial charge in [0.15, 0.2) is 0 Å². The molecule has 2 atom stereocenters. The minimum Gasteiger partial charge on any atom is -0.462 e. The molecule has 0 aliphatic heterocycles. The van der Waals surface area contributed by atoms with Crippen molar-refractivity contribution in [3.8, 4) is 0 Å². The highest BCUT2D eigenvalue weighted by atomic mass is 16.5. The van der Waals surface area contributed by atoms with Crippen molar-refractivity contribution in [2.45, 2.75) is 59.0 Å². The Hall–Kier alpha value is -0.870. The molecule has 0 fully saturated rings. The summed E-state index contributed by atoms with van der Waals surface area (Å²) in [6.07, 6.45) is 5.49. The first-order chi connectivity index (χ1) is 9.50. The maximum Gasteiger partial charge on any atom is 0.311 e. The summed E-state index contributed by atoms with van der Waals surface area (Å²) in [6, 6.07) is 0. The molecule has 2 unspecified atom stereocenters. The summed E-state index contributed by atoms with van der Waals surface area (Å²) in [4.78, 5) is 12.2. The SMILES string of the molecule is C=CCOCC(O)COC(=O)C(C)(CCC)CCCC. The van der Waals surface area contributed by atoms with Gasteiger partial charge in [-0.05, 0) is 19.8 Å².